The molecule has 20 heteroatoms. The lowest BCUT2D eigenvalue weighted by atomic mass is 9.88. The van der Waals surface area contributed by atoms with E-state index in [4.69, 9.17) is 28.0 Å². The minimum Gasteiger partial charge on any atom is -0.462 e. The van der Waals surface area contributed by atoms with E-state index in [9.17, 15) is 43.0 Å². The summed E-state index contributed by atoms with van der Waals surface area (Å²) in [7, 11) is -4.58. The van der Waals surface area contributed by atoms with Gasteiger partial charge in [0.25, 0.3) is 0 Å². The van der Waals surface area contributed by atoms with Crippen molar-refractivity contribution in [1.29, 1.82) is 0 Å². The number of likely N-dealkylation sites (tertiary alicyclic amines) is 1. The summed E-state index contributed by atoms with van der Waals surface area (Å²) in [6, 6.07) is 0. The third-order valence-corrected chi connectivity index (χ3v) is 10.6. The molecule has 0 saturated carbocycles. The highest BCUT2D eigenvalue weighted by Crippen LogP contribution is 2.43. The molecule has 1 aliphatic rings. The molecule has 0 aliphatic carbocycles. The summed E-state index contributed by atoms with van der Waals surface area (Å²) in [6.07, 6.45) is 0.939. The molecular formula is C39H69N4O15P. The summed E-state index contributed by atoms with van der Waals surface area (Å²) < 4.78 is 43.8. The van der Waals surface area contributed by atoms with E-state index in [0.29, 0.717) is 45.4 Å². The van der Waals surface area contributed by atoms with Gasteiger partial charge in [0.1, 0.15) is 6.61 Å². The van der Waals surface area contributed by atoms with E-state index >= 15 is 0 Å². The van der Waals surface area contributed by atoms with Gasteiger partial charge in [0.05, 0.1) is 24.4 Å². The SMILES string of the molecule is CC(=O)OC[C@H](COP(=O)(O)OCCNC(=O)C(C)(C)CCOC(C)(C)CCNC(=O)C(C)(C)CCOC(C)(C)CCNC(=O)CCN1C(=O)CC(C)C1=O)OC(C)=O. The van der Waals surface area contributed by atoms with Crippen LogP contribution in [0.4, 0.5) is 0 Å². The summed E-state index contributed by atoms with van der Waals surface area (Å²) >= 11 is 0. The normalized spacial score (nSPS) is 16.6. The van der Waals surface area contributed by atoms with Gasteiger partial charge in [0.2, 0.25) is 29.5 Å². The van der Waals surface area contributed by atoms with E-state index < -0.39 is 54.5 Å². The second-order valence-electron chi connectivity index (χ2n) is 17.2. The van der Waals surface area contributed by atoms with Crippen molar-refractivity contribution in [3.05, 3.63) is 0 Å². The van der Waals surface area contributed by atoms with Crippen LogP contribution in [0.3, 0.4) is 0 Å². The van der Waals surface area contributed by atoms with Crippen molar-refractivity contribution in [2.45, 2.75) is 132 Å². The Morgan fingerprint density at radius 1 is 0.746 bits per heavy atom. The van der Waals surface area contributed by atoms with Crippen molar-refractivity contribution in [2.75, 3.05) is 59.2 Å². The summed E-state index contributed by atoms with van der Waals surface area (Å²) in [5, 5.41) is 8.45. The van der Waals surface area contributed by atoms with E-state index in [1.165, 1.54) is 0 Å². The second-order valence-corrected chi connectivity index (χ2v) is 18.7. The van der Waals surface area contributed by atoms with Crippen LogP contribution >= 0.6 is 7.82 Å². The smallest absolute Gasteiger partial charge is 0.462 e. The number of phosphoric acid groups is 1. The van der Waals surface area contributed by atoms with E-state index in [2.05, 4.69) is 16.0 Å². The molecule has 2 unspecified atom stereocenters. The third-order valence-electron chi connectivity index (χ3n) is 9.63. The Hall–Kier alpha value is -3.48. The molecule has 0 bridgehead atoms. The zero-order valence-corrected chi connectivity index (χ0v) is 37.7. The maximum atomic E-state index is 13.1. The number of nitrogens with one attached hydrogen (secondary N) is 3. The number of hydrogen-bond acceptors (Lipinski definition) is 14. The quantitative estimate of drug-likeness (QED) is 0.0365. The highest BCUT2D eigenvalue weighted by molar-refractivity contribution is 7.47. The number of carbonyl (C=O) groups excluding carboxylic acids is 7. The Labute approximate surface area is 348 Å². The van der Waals surface area contributed by atoms with Crippen LogP contribution in [0.15, 0.2) is 0 Å². The van der Waals surface area contributed by atoms with Gasteiger partial charge in [-0.2, -0.15) is 0 Å². The van der Waals surface area contributed by atoms with E-state index in [1.807, 2.05) is 41.5 Å². The van der Waals surface area contributed by atoms with Gasteiger partial charge in [-0.05, 0) is 53.4 Å². The number of carbonyl (C=O) groups is 7. The Bertz CT molecular complexity index is 1500. The number of ether oxygens (including phenoxy) is 4. The molecule has 1 saturated heterocycles. The molecule has 3 atom stereocenters. The maximum Gasteiger partial charge on any atom is 0.472 e. The van der Waals surface area contributed by atoms with Gasteiger partial charge >= 0.3 is 19.8 Å². The number of rotatable bonds is 29. The van der Waals surface area contributed by atoms with Crippen LogP contribution in [0.2, 0.25) is 0 Å². The van der Waals surface area contributed by atoms with Crippen molar-refractivity contribution in [3.63, 3.8) is 0 Å². The first-order chi connectivity index (χ1) is 27.1. The molecule has 0 radical (unpaired) electrons. The van der Waals surface area contributed by atoms with Gasteiger partial charge in [0.15, 0.2) is 6.10 Å². The van der Waals surface area contributed by atoms with Crippen LogP contribution < -0.4 is 16.0 Å². The number of imide groups is 1. The summed E-state index contributed by atoms with van der Waals surface area (Å²) in [6.45, 7) is 18.7. The van der Waals surface area contributed by atoms with Gasteiger partial charge in [-0.3, -0.25) is 47.5 Å². The molecule has 1 fully saturated rings. The lowest BCUT2D eigenvalue weighted by Gasteiger charge is -2.31. The molecule has 5 amide bonds. The van der Waals surface area contributed by atoms with Gasteiger partial charge in [-0.1, -0.05) is 34.6 Å². The second kappa shape index (κ2) is 24.1. The van der Waals surface area contributed by atoms with Crippen molar-refractivity contribution >= 4 is 49.3 Å². The number of hydrogen-bond donors (Lipinski definition) is 4. The number of esters is 2. The van der Waals surface area contributed by atoms with Crippen LogP contribution in [-0.2, 0) is 66.1 Å². The fourth-order valence-electron chi connectivity index (χ4n) is 5.48. The van der Waals surface area contributed by atoms with Crippen molar-refractivity contribution in [3.8, 4) is 0 Å². The molecule has 0 spiro atoms. The van der Waals surface area contributed by atoms with E-state index in [0.717, 1.165) is 18.7 Å². The first kappa shape index (κ1) is 53.5. The molecule has 19 nitrogen and oxygen atoms in total. The van der Waals surface area contributed by atoms with Gasteiger partial charge < -0.3 is 39.8 Å². The molecule has 0 aromatic rings. The fourth-order valence-corrected chi connectivity index (χ4v) is 6.23. The van der Waals surface area contributed by atoms with Crippen LogP contribution in [0.25, 0.3) is 0 Å². The summed E-state index contributed by atoms with van der Waals surface area (Å²) in [4.78, 5) is 95.6. The Morgan fingerprint density at radius 3 is 1.73 bits per heavy atom. The molecular weight excluding hydrogens is 795 g/mol. The highest BCUT2D eigenvalue weighted by atomic mass is 31.2. The average Bonchev–Trinajstić information content (AvgIpc) is 3.34. The van der Waals surface area contributed by atoms with Gasteiger partial charge in [-0.25, -0.2) is 4.57 Å². The molecule has 0 aromatic carbocycles. The minimum atomic E-state index is -4.58. The first-order valence-corrected chi connectivity index (χ1v) is 21.5. The minimum absolute atomic E-state index is 0.0414. The number of phosphoric ester groups is 1. The molecule has 59 heavy (non-hydrogen) atoms. The average molecular weight is 865 g/mol. The molecule has 1 heterocycles. The lowest BCUT2D eigenvalue weighted by molar-refractivity contribution is -0.158. The molecule has 4 N–H and O–H groups in total. The Kier molecular flexibility index (Phi) is 21.9. The molecule has 1 rings (SSSR count). The predicted molar refractivity (Wildman–Crippen MR) is 214 cm³/mol. The molecule has 0 aromatic heterocycles. The standard InChI is InChI=1S/C39H69N4O15P/c1-27-24-32(47)43(33(27)48)20-12-31(46)40-17-13-38(8,9)54-21-15-36(4,5)34(49)41-18-14-39(10,11)55-22-16-37(6,7)35(50)42-19-23-56-59(51,52)57-26-30(58-29(3)45)25-53-28(2)44/h27,30H,12-26H2,1-11H3,(H,40,46)(H,41,49)(H,42,50)(H,51,52)/t27?,30-/m1/s1. The number of amides is 5. The van der Waals surface area contributed by atoms with Crippen molar-refractivity contribution in [1.82, 2.24) is 20.9 Å². The summed E-state index contributed by atoms with van der Waals surface area (Å²) in [5.74, 6) is -2.90. The zero-order valence-electron chi connectivity index (χ0n) is 36.8. The van der Waals surface area contributed by atoms with Crippen molar-refractivity contribution in [2.24, 2.45) is 16.7 Å². The van der Waals surface area contributed by atoms with Crippen LogP contribution in [0.1, 0.15) is 115 Å². The van der Waals surface area contributed by atoms with Gasteiger partial charge in [-0.15, -0.1) is 0 Å². The first-order valence-electron chi connectivity index (χ1n) is 20.0. The van der Waals surface area contributed by atoms with Gasteiger partial charge in [0, 0.05) is 82.8 Å². The number of nitrogens with zero attached hydrogens (tertiary/aromatic N) is 1. The summed E-state index contributed by atoms with van der Waals surface area (Å²) in [5.41, 5.74) is -2.76. The van der Waals surface area contributed by atoms with Crippen LogP contribution in [-0.4, -0.2) is 128 Å². The fraction of sp³-hybridized carbons (Fsp3) is 0.821. The van der Waals surface area contributed by atoms with Crippen LogP contribution in [0.5, 0.6) is 0 Å². The zero-order chi connectivity index (χ0) is 45.2. The topological polar surface area (TPSA) is 251 Å². The van der Waals surface area contributed by atoms with E-state index in [1.54, 1.807) is 20.8 Å². The van der Waals surface area contributed by atoms with E-state index in [-0.39, 0.29) is 81.2 Å². The maximum absolute atomic E-state index is 13.1. The highest BCUT2D eigenvalue weighted by Gasteiger charge is 2.36. The third kappa shape index (κ3) is 22.1. The Morgan fingerprint density at radius 2 is 1.25 bits per heavy atom. The van der Waals surface area contributed by atoms with Crippen molar-refractivity contribution < 1.29 is 71.0 Å². The largest absolute Gasteiger partial charge is 0.472 e. The molecule has 1 aliphatic heterocycles. The molecule has 340 valence electrons. The predicted octanol–water partition coefficient (Wildman–Crippen LogP) is 2.95. The Balaban J connectivity index is 2.35. The van der Waals surface area contributed by atoms with Crippen LogP contribution in [0, 0.1) is 16.7 Å². The monoisotopic (exact) mass is 864 g/mol. The lowest BCUT2D eigenvalue weighted by Crippen LogP contribution is -2.42.